The van der Waals surface area contributed by atoms with Crippen molar-refractivity contribution in [2.45, 2.75) is 12.8 Å². The minimum atomic E-state index is -0.309. The lowest BCUT2D eigenvalue weighted by Crippen LogP contribution is -2.11. The van der Waals surface area contributed by atoms with E-state index in [1.54, 1.807) is 30.9 Å². The molecular weight excluding hydrogens is 510 g/mol. The number of aromatic nitrogens is 6. The van der Waals surface area contributed by atoms with Crippen molar-refractivity contribution < 1.29 is 5.11 Å². The molecule has 10 heteroatoms. The van der Waals surface area contributed by atoms with Crippen LogP contribution in [0, 0.1) is 0 Å². The molecule has 174 valence electrons. The van der Waals surface area contributed by atoms with E-state index in [-0.39, 0.29) is 17.2 Å². The predicted octanol–water partition coefficient (Wildman–Crippen LogP) is 4.99. The Labute approximate surface area is 206 Å². The number of anilines is 1. The largest absolute Gasteiger partial charge is 0.506 e. The van der Waals surface area contributed by atoms with Gasteiger partial charge in [0.2, 0.25) is 0 Å². The molecule has 1 atom stereocenters. The first-order valence-electron chi connectivity index (χ1n) is 10.9. The summed E-state index contributed by atoms with van der Waals surface area (Å²) in [5.74, 6) is 0.357. The number of aromatic amines is 4. The minimum Gasteiger partial charge on any atom is -0.506 e. The summed E-state index contributed by atoms with van der Waals surface area (Å²) in [6.45, 7) is 2.02. The number of benzene rings is 2. The van der Waals surface area contributed by atoms with Crippen LogP contribution in [-0.2, 0) is 0 Å². The first-order chi connectivity index (χ1) is 16.9. The molecule has 0 fully saturated rings. The third-order valence-electron chi connectivity index (χ3n) is 6.37. The van der Waals surface area contributed by atoms with Crippen molar-refractivity contribution in [2.75, 3.05) is 5.73 Å². The number of hydrogen-bond donors (Lipinski definition) is 6. The van der Waals surface area contributed by atoms with Crippen LogP contribution in [-0.4, -0.2) is 35.0 Å². The number of nitrogen functional groups attached to an aromatic ring is 1. The summed E-state index contributed by atoms with van der Waals surface area (Å²) in [5, 5.41) is 12.2. The van der Waals surface area contributed by atoms with E-state index < -0.39 is 0 Å². The normalized spacial score (nSPS) is 12.5. The van der Waals surface area contributed by atoms with Crippen LogP contribution in [0.1, 0.15) is 24.1 Å². The summed E-state index contributed by atoms with van der Waals surface area (Å²) >= 11 is 3.46. The van der Waals surface area contributed by atoms with Crippen molar-refractivity contribution in [3.05, 3.63) is 81.2 Å². The number of phenolic OH excluding ortho intramolecular Hbond substituents is 1. The molecule has 0 spiro atoms. The molecule has 0 amide bonds. The highest BCUT2D eigenvalue weighted by molar-refractivity contribution is 9.10. The molecule has 0 aliphatic heterocycles. The van der Waals surface area contributed by atoms with Gasteiger partial charge in [0.25, 0.3) is 5.56 Å². The second-order valence-electron chi connectivity index (χ2n) is 8.44. The molecule has 4 aromatic heterocycles. The summed E-state index contributed by atoms with van der Waals surface area (Å²) in [4.78, 5) is 34.2. The van der Waals surface area contributed by atoms with Crippen LogP contribution >= 0.6 is 15.9 Å². The second-order valence-corrected chi connectivity index (χ2v) is 9.35. The Bertz CT molecular complexity index is 1790. The molecule has 0 aliphatic rings. The van der Waals surface area contributed by atoms with Crippen molar-refractivity contribution in [3.63, 3.8) is 0 Å². The van der Waals surface area contributed by atoms with Gasteiger partial charge in [-0.05, 0) is 23.8 Å². The number of phenols is 1. The van der Waals surface area contributed by atoms with Crippen LogP contribution in [0.25, 0.3) is 44.3 Å². The number of aromatic hydroxyl groups is 1. The predicted molar refractivity (Wildman–Crippen MR) is 139 cm³/mol. The molecule has 0 aliphatic carbocycles. The fraction of sp³-hybridized carbons (Fsp3) is 0.0800. The number of nitrogens with one attached hydrogen (secondary N) is 4. The monoisotopic (exact) mass is 529 g/mol. The summed E-state index contributed by atoms with van der Waals surface area (Å²) in [5.41, 5.74) is 11.0. The zero-order valence-corrected chi connectivity index (χ0v) is 20.1. The van der Waals surface area contributed by atoms with Crippen LogP contribution < -0.4 is 11.3 Å². The van der Waals surface area contributed by atoms with Crippen LogP contribution in [0.3, 0.4) is 0 Å². The number of hydrogen-bond acceptors (Lipinski definition) is 5. The summed E-state index contributed by atoms with van der Waals surface area (Å²) in [6, 6.07) is 9.33. The molecule has 7 N–H and O–H groups in total. The average Bonchev–Trinajstić information content (AvgIpc) is 3.57. The maximum absolute atomic E-state index is 13.2. The Morgan fingerprint density at radius 2 is 1.86 bits per heavy atom. The van der Waals surface area contributed by atoms with E-state index in [9.17, 15) is 9.90 Å². The van der Waals surface area contributed by atoms with Gasteiger partial charge in [-0.15, -0.1) is 0 Å². The number of rotatable bonds is 4. The van der Waals surface area contributed by atoms with E-state index in [0.717, 1.165) is 43.1 Å². The number of nitrogens with zero attached hydrogens (tertiary/aromatic N) is 2. The molecule has 0 saturated carbocycles. The van der Waals surface area contributed by atoms with E-state index in [1.165, 1.54) is 0 Å². The lowest BCUT2D eigenvalue weighted by atomic mass is 9.92. The van der Waals surface area contributed by atoms with Crippen molar-refractivity contribution >= 4 is 43.7 Å². The fourth-order valence-electron chi connectivity index (χ4n) is 4.60. The smallest absolute Gasteiger partial charge is 0.275 e. The standard InChI is InChI=1S/C25H20BrN7O2/c1-11(18-9-31-25(27)33-18)13-4-5-20(34)23-21(13)16(8-29-23)19-10-30-22(24(35)32-19)15-7-28-17-6-12(26)2-3-14(15)17/h2-11,28-29,34H,1H3,(H,32,35)(H3,27,31,33)/t11-/m0/s1. The van der Waals surface area contributed by atoms with Crippen LogP contribution in [0.2, 0.25) is 0 Å². The van der Waals surface area contributed by atoms with Crippen LogP contribution in [0.4, 0.5) is 5.95 Å². The zero-order valence-electron chi connectivity index (χ0n) is 18.5. The van der Waals surface area contributed by atoms with Crippen molar-refractivity contribution in [1.82, 2.24) is 29.9 Å². The van der Waals surface area contributed by atoms with Gasteiger partial charge in [-0.2, -0.15) is 0 Å². The topological polar surface area (TPSA) is 152 Å². The lowest BCUT2D eigenvalue weighted by Gasteiger charge is -2.14. The number of fused-ring (bicyclic) bond motifs is 2. The van der Waals surface area contributed by atoms with Gasteiger partial charge in [0.1, 0.15) is 11.4 Å². The summed E-state index contributed by atoms with van der Waals surface area (Å²) in [7, 11) is 0. The van der Waals surface area contributed by atoms with Crippen LogP contribution in [0.15, 0.2) is 64.4 Å². The van der Waals surface area contributed by atoms with E-state index in [2.05, 4.69) is 45.8 Å². The molecule has 0 radical (unpaired) electrons. The first-order valence-corrected chi connectivity index (χ1v) is 11.7. The zero-order chi connectivity index (χ0) is 24.3. The molecule has 9 nitrogen and oxygen atoms in total. The number of nitrogens with two attached hydrogens (primary N) is 1. The van der Waals surface area contributed by atoms with E-state index in [0.29, 0.717) is 22.9 Å². The molecular formula is C25H20BrN7O2. The number of halogens is 1. The van der Waals surface area contributed by atoms with Gasteiger partial charge >= 0.3 is 0 Å². The average molecular weight is 530 g/mol. The van der Waals surface area contributed by atoms with Gasteiger partial charge in [-0.25, -0.2) is 9.97 Å². The van der Waals surface area contributed by atoms with E-state index >= 15 is 0 Å². The molecule has 4 heterocycles. The third kappa shape index (κ3) is 3.41. The highest BCUT2D eigenvalue weighted by Crippen LogP contribution is 2.39. The maximum Gasteiger partial charge on any atom is 0.275 e. The van der Waals surface area contributed by atoms with Gasteiger partial charge in [0.15, 0.2) is 5.95 Å². The Morgan fingerprint density at radius 3 is 2.63 bits per heavy atom. The Morgan fingerprint density at radius 1 is 1.03 bits per heavy atom. The molecule has 0 saturated heterocycles. The lowest BCUT2D eigenvalue weighted by molar-refractivity contribution is 0.480. The Balaban J connectivity index is 1.49. The third-order valence-corrected chi connectivity index (χ3v) is 6.86. The molecule has 0 unspecified atom stereocenters. The second kappa shape index (κ2) is 7.88. The molecule has 6 rings (SSSR count). The van der Waals surface area contributed by atoms with Crippen molar-refractivity contribution in [2.24, 2.45) is 0 Å². The van der Waals surface area contributed by atoms with Gasteiger partial charge in [-0.1, -0.05) is 35.0 Å². The summed E-state index contributed by atoms with van der Waals surface area (Å²) in [6.07, 6.45) is 6.89. The van der Waals surface area contributed by atoms with Crippen LogP contribution in [0.5, 0.6) is 5.75 Å². The van der Waals surface area contributed by atoms with Gasteiger partial charge in [0.05, 0.1) is 23.6 Å². The van der Waals surface area contributed by atoms with Crippen molar-refractivity contribution in [1.29, 1.82) is 0 Å². The molecule has 0 bridgehead atoms. The van der Waals surface area contributed by atoms with Gasteiger partial charge in [-0.3, -0.25) is 4.79 Å². The Hall–Kier alpha value is -4.31. The van der Waals surface area contributed by atoms with Gasteiger partial charge < -0.3 is 30.8 Å². The van der Waals surface area contributed by atoms with Gasteiger partial charge in [0, 0.05) is 55.9 Å². The maximum atomic E-state index is 13.2. The highest BCUT2D eigenvalue weighted by atomic mass is 79.9. The highest BCUT2D eigenvalue weighted by Gasteiger charge is 2.21. The molecule has 2 aromatic carbocycles. The van der Waals surface area contributed by atoms with E-state index in [1.807, 2.05) is 31.2 Å². The summed E-state index contributed by atoms with van der Waals surface area (Å²) < 4.78 is 0.945. The SMILES string of the molecule is C[C@H](c1cnc(N)[nH]1)c1ccc(O)c2[nH]cc(-c3cnc(-c4c[nH]c5cc(Br)ccc45)c(=O)[nH]3)c12. The number of H-pyrrole nitrogens is 4. The fourth-order valence-corrected chi connectivity index (χ4v) is 4.96. The quantitative estimate of drug-likeness (QED) is 0.190. The van der Waals surface area contributed by atoms with Crippen molar-refractivity contribution in [3.8, 4) is 28.3 Å². The minimum absolute atomic E-state index is 0.0954. The molecule has 35 heavy (non-hydrogen) atoms. The number of imidazole rings is 1. The van der Waals surface area contributed by atoms with E-state index in [4.69, 9.17) is 5.73 Å². The Kier molecular flexibility index (Phi) is 4.78. The first kappa shape index (κ1) is 21.2. The molecule has 6 aromatic rings.